The van der Waals surface area contributed by atoms with Crippen molar-refractivity contribution in [2.75, 3.05) is 18.8 Å². The monoisotopic (exact) mass is 471 g/mol. The molecule has 7 nitrogen and oxygen atoms in total. The molecule has 0 aromatic carbocycles. The van der Waals surface area contributed by atoms with E-state index in [0.29, 0.717) is 17.2 Å². The quantitative estimate of drug-likeness (QED) is 0.583. The first kappa shape index (κ1) is 21.6. The van der Waals surface area contributed by atoms with Gasteiger partial charge in [-0.1, -0.05) is 12.8 Å². The summed E-state index contributed by atoms with van der Waals surface area (Å²) in [5.41, 5.74) is 6.50. The van der Waals surface area contributed by atoms with Gasteiger partial charge in [-0.2, -0.15) is 18.3 Å². The molecule has 5 heterocycles. The van der Waals surface area contributed by atoms with Gasteiger partial charge in [-0.05, 0) is 50.3 Å². The third-order valence-electron chi connectivity index (χ3n) is 8.07. The number of hydrogen-bond acceptors (Lipinski definition) is 5. The predicted octanol–water partition coefficient (Wildman–Crippen LogP) is 4.55. The zero-order chi connectivity index (χ0) is 23.5. The Morgan fingerprint density at radius 1 is 1.12 bits per heavy atom. The van der Waals surface area contributed by atoms with Crippen LogP contribution in [0.3, 0.4) is 0 Å². The molecule has 2 fully saturated rings. The van der Waals surface area contributed by atoms with E-state index in [2.05, 4.69) is 25.0 Å². The van der Waals surface area contributed by atoms with E-state index in [9.17, 15) is 13.2 Å². The van der Waals surface area contributed by atoms with Crippen molar-refractivity contribution in [2.24, 2.45) is 5.92 Å². The Morgan fingerprint density at radius 2 is 1.91 bits per heavy atom. The van der Waals surface area contributed by atoms with Gasteiger partial charge in [0.15, 0.2) is 0 Å². The third kappa shape index (κ3) is 3.50. The number of nitrogen functional groups attached to an aromatic ring is 1. The van der Waals surface area contributed by atoms with E-state index >= 15 is 0 Å². The standard InChI is InChI=1S/C24H28F3N7/c25-24(26,27)17-11-16(13-31-21(17)28)18-12-19-23(6-10-34(19)32-18)5-9-33(14-23)20(15-3-1-2-4-15)22-29-7-8-30-22/h7-8,11-13,15,20H,1-6,9-10,14H2,(H2,28,31)(H,29,30)/t20?,23-/m1/s1. The van der Waals surface area contributed by atoms with Crippen LogP contribution in [0, 0.1) is 5.92 Å². The first-order valence-corrected chi connectivity index (χ1v) is 12.0. The Morgan fingerprint density at radius 3 is 2.65 bits per heavy atom. The van der Waals surface area contributed by atoms with Crippen LogP contribution >= 0.6 is 0 Å². The van der Waals surface area contributed by atoms with Gasteiger partial charge in [-0.15, -0.1) is 0 Å². The van der Waals surface area contributed by atoms with Crippen LogP contribution in [-0.2, 0) is 18.1 Å². The summed E-state index contributed by atoms with van der Waals surface area (Å²) in [7, 11) is 0. The van der Waals surface area contributed by atoms with Gasteiger partial charge in [0, 0.05) is 48.4 Å². The lowest BCUT2D eigenvalue weighted by Gasteiger charge is -2.32. The van der Waals surface area contributed by atoms with Gasteiger partial charge in [-0.25, -0.2) is 9.97 Å². The van der Waals surface area contributed by atoms with E-state index in [1.54, 1.807) is 0 Å². The van der Waals surface area contributed by atoms with Crippen molar-refractivity contribution < 1.29 is 13.2 Å². The number of imidazole rings is 1. The second-order valence-electron chi connectivity index (χ2n) is 10.0. The molecule has 180 valence electrons. The normalized spacial score (nSPS) is 24.3. The summed E-state index contributed by atoms with van der Waals surface area (Å²) < 4.78 is 42.0. The number of anilines is 1. The molecule has 3 aromatic rings. The molecule has 1 saturated heterocycles. The second-order valence-corrected chi connectivity index (χ2v) is 10.0. The lowest BCUT2D eigenvalue weighted by atomic mass is 9.82. The van der Waals surface area contributed by atoms with E-state index in [1.807, 2.05) is 23.1 Å². The van der Waals surface area contributed by atoms with Gasteiger partial charge >= 0.3 is 6.18 Å². The molecule has 0 bridgehead atoms. The lowest BCUT2D eigenvalue weighted by Crippen LogP contribution is -2.35. The summed E-state index contributed by atoms with van der Waals surface area (Å²) >= 11 is 0. The zero-order valence-corrected chi connectivity index (χ0v) is 18.9. The van der Waals surface area contributed by atoms with Gasteiger partial charge < -0.3 is 10.7 Å². The molecule has 3 N–H and O–H groups in total. The lowest BCUT2D eigenvalue weighted by molar-refractivity contribution is -0.137. The highest BCUT2D eigenvalue weighted by atomic mass is 19.4. The van der Waals surface area contributed by atoms with E-state index in [-0.39, 0.29) is 11.5 Å². The summed E-state index contributed by atoms with van der Waals surface area (Å²) in [6, 6.07) is 3.30. The number of fused-ring (bicyclic) bond motifs is 2. The molecule has 3 aliphatic rings. The topological polar surface area (TPSA) is 88.7 Å². The molecule has 2 atom stereocenters. The molecular formula is C24H28F3N7. The van der Waals surface area contributed by atoms with E-state index in [4.69, 9.17) is 5.73 Å². The number of nitrogens with one attached hydrogen (secondary N) is 1. The molecule has 1 unspecified atom stereocenters. The van der Waals surface area contributed by atoms with Crippen LogP contribution in [0.4, 0.5) is 19.0 Å². The minimum atomic E-state index is -4.55. The van der Waals surface area contributed by atoms with Crippen LogP contribution < -0.4 is 5.73 Å². The number of aryl methyl sites for hydroxylation is 1. The van der Waals surface area contributed by atoms with Crippen molar-refractivity contribution in [2.45, 2.75) is 62.7 Å². The number of aromatic nitrogens is 5. The van der Waals surface area contributed by atoms with Crippen molar-refractivity contribution in [1.82, 2.24) is 29.6 Å². The minimum Gasteiger partial charge on any atom is -0.383 e. The van der Waals surface area contributed by atoms with Crippen molar-refractivity contribution in [3.63, 3.8) is 0 Å². The van der Waals surface area contributed by atoms with E-state index in [1.165, 1.54) is 31.9 Å². The van der Waals surface area contributed by atoms with Gasteiger partial charge in [0.2, 0.25) is 0 Å². The highest BCUT2D eigenvalue weighted by molar-refractivity contribution is 5.63. The fourth-order valence-corrected chi connectivity index (χ4v) is 6.41. The Kier molecular flexibility index (Phi) is 4.98. The molecule has 1 saturated carbocycles. The summed E-state index contributed by atoms with van der Waals surface area (Å²) in [6.07, 6.45) is 7.55. The number of nitrogens with zero attached hydrogens (tertiary/aromatic N) is 5. The smallest absolute Gasteiger partial charge is 0.383 e. The number of alkyl halides is 3. The molecule has 6 rings (SSSR count). The Bertz CT molecular complexity index is 1180. The molecule has 0 amide bonds. The van der Waals surface area contributed by atoms with Crippen LogP contribution in [0.25, 0.3) is 11.3 Å². The number of halogens is 3. The zero-order valence-electron chi connectivity index (χ0n) is 18.9. The van der Waals surface area contributed by atoms with Crippen LogP contribution in [0.15, 0.2) is 30.7 Å². The molecule has 3 aromatic heterocycles. The first-order valence-electron chi connectivity index (χ1n) is 12.0. The number of aromatic amines is 1. The highest BCUT2D eigenvalue weighted by Crippen LogP contribution is 2.48. The fraction of sp³-hybridized carbons (Fsp3) is 0.542. The molecule has 1 aliphatic carbocycles. The molecule has 2 aliphatic heterocycles. The Hall–Kier alpha value is -2.88. The number of pyridine rings is 1. The van der Waals surface area contributed by atoms with Gasteiger partial charge in [0.05, 0.1) is 17.3 Å². The number of H-pyrrole nitrogens is 1. The van der Waals surface area contributed by atoms with Crippen LogP contribution in [-0.4, -0.2) is 42.7 Å². The molecule has 1 spiro atoms. The van der Waals surface area contributed by atoms with Crippen LogP contribution in [0.2, 0.25) is 0 Å². The van der Waals surface area contributed by atoms with Gasteiger partial charge in [-0.3, -0.25) is 9.58 Å². The summed E-state index contributed by atoms with van der Waals surface area (Å²) in [6.45, 7) is 2.66. The highest BCUT2D eigenvalue weighted by Gasteiger charge is 2.49. The van der Waals surface area contributed by atoms with Crippen molar-refractivity contribution in [1.29, 1.82) is 0 Å². The van der Waals surface area contributed by atoms with Crippen molar-refractivity contribution in [3.05, 3.63) is 47.8 Å². The molecule has 10 heteroatoms. The maximum Gasteiger partial charge on any atom is 0.419 e. The van der Waals surface area contributed by atoms with Crippen LogP contribution in [0.5, 0.6) is 0 Å². The maximum atomic E-state index is 13.4. The number of rotatable bonds is 4. The predicted molar refractivity (Wildman–Crippen MR) is 121 cm³/mol. The largest absolute Gasteiger partial charge is 0.419 e. The maximum absolute atomic E-state index is 13.4. The molecule has 34 heavy (non-hydrogen) atoms. The molecule has 0 radical (unpaired) electrons. The SMILES string of the molecule is Nc1ncc(-c2cc3n(n2)CC[C@@]32CCN(C(c3ncc[nH]3)C3CCCC3)C2)cc1C(F)(F)F. The Balaban J connectivity index is 1.30. The summed E-state index contributed by atoms with van der Waals surface area (Å²) in [5.74, 6) is 1.13. The minimum absolute atomic E-state index is 0.0389. The first-order chi connectivity index (χ1) is 16.3. The second kappa shape index (κ2) is 7.83. The summed E-state index contributed by atoms with van der Waals surface area (Å²) in [5, 5.41) is 4.66. The molecular weight excluding hydrogens is 443 g/mol. The van der Waals surface area contributed by atoms with E-state index < -0.39 is 17.6 Å². The summed E-state index contributed by atoms with van der Waals surface area (Å²) in [4.78, 5) is 14.3. The van der Waals surface area contributed by atoms with Gasteiger partial charge in [0.1, 0.15) is 11.6 Å². The van der Waals surface area contributed by atoms with Crippen molar-refractivity contribution in [3.8, 4) is 11.3 Å². The average molecular weight is 472 g/mol. The van der Waals surface area contributed by atoms with E-state index in [0.717, 1.165) is 50.1 Å². The average Bonchev–Trinajstić information content (AvgIpc) is 3.61. The third-order valence-corrected chi connectivity index (χ3v) is 8.07. The fourth-order valence-electron chi connectivity index (χ4n) is 6.41. The van der Waals surface area contributed by atoms with Crippen molar-refractivity contribution >= 4 is 5.82 Å². The Labute approximate surface area is 195 Å². The van der Waals surface area contributed by atoms with Gasteiger partial charge in [0.25, 0.3) is 0 Å². The number of nitrogens with two attached hydrogens (primary N) is 1. The number of likely N-dealkylation sites (tertiary alicyclic amines) is 1. The van der Waals surface area contributed by atoms with Crippen LogP contribution in [0.1, 0.15) is 61.6 Å². The number of hydrogen-bond donors (Lipinski definition) is 2.